The molecule has 3 nitrogen and oxygen atoms in total. The molecule has 0 bridgehead atoms. The van der Waals surface area contributed by atoms with Crippen molar-refractivity contribution in [1.82, 2.24) is 4.90 Å². The standard InChI is InChI=1S/C8H17NO.C8H16O.2C2H6/c1-8(2,3)9-4-6-10-7-5-9;1-8(2,3)7-5-4-6-9-7;2*1-2/h4-7H2,1-3H3;7H,4-6H2,1-3H3;2*1-2H3. The van der Waals surface area contributed by atoms with E-state index >= 15 is 0 Å². The molecule has 2 aliphatic rings. The molecule has 2 aliphatic heterocycles. The third kappa shape index (κ3) is 12.0. The first-order valence-corrected chi connectivity index (χ1v) is 9.65. The van der Waals surface area contributed by atoms with Gasteiger partial charge in [0.25, 0.3) is 0 Å². The highest BCUT2D eigenvalue weighted by Crippen LogP contribution is 2.29. The van der Waals surface area contributed by atoms with E-state index in [0.29, 0.717) is 17.1 Å². The second-order valence-corrected chi connectivity index (χ2v) is 7.64. The molecule has 0 aromatic carbocycles. The van der Waals surface area contributed by atoms with E-state index in [4.69, 9.17) is 9.47 Å². The summed E-state index contributed by atoms with van der Waals surface area (Å²) in [5.74, 6) is 0. The molecule has 0 aromatic rings. The van der Waals surface area contributed by atoms with Gasteiger partial charge in [0.15, 0.2) is 0 Å². The van der Waals surface area contributed by atoms with Gasteiger partial charge in [-0.3, -0.25) is 4.90 Å². The van der Waals surface area contributed by atoms with Crippen LogP contribution in [0.3, 0.4) is 0 Å². The van der Waals surface area contributed by atoms with Gasteiger partial charge in [-0.05, 0) is 39.0 Å². The normalized spacial score (nSPS) is 21.9. The summed E-state index contributed by atoms with van der Waals surface area (Å²) in [7, 11) is 0. The van der Waals surface area contributed by atoms with Crippen molar-refractivity contribution >= 4 is 0 Å². The maximum Gasteiger partial charge on any atom is 0.0624 e. The number of rotatable bonds is 0. The third-order valence-corrected chi connectivity index (χ3v) is 3.86. The molecule has 0 aliphatic carbocycles. The zero-order chi connectivity index (χ0) is 18.5. The summed E-state index contributed by atoms with van der Waals surface area (Å²) in [4.78, 5) is 2.45. The summed E-state index contributed by atoms with van der Waals surface area (Å²) >= 11 is 0. The van der Waals surface area contributed by atoms with Gasteiger partial charge >= 0.3 is 0 Å². The van der Waals surface area contributed by atoms with Crippen molar-refractivity contribution in [2.45, 2.75) is 93.7 Å². The van der Waals surface area contributed by atoms with Crippen molar-refractivity contribution in [3.63, 3.8) is 0 Å². The highest BCUT2D eigenvalue weighted by molar-refractivity contribution is 4.78. The molecule has 2 fully saturated rings. The lowest BCUT2D eigenvalue weighted by Gasteiger charge is -2.38. The minimum absolute atomic E-state index is 0.323. The lowest BCUT2D eigenvalue weighted by atomic mass is 9.88. The molecular weight excluding hydrogens is 286 g/mol. The molecule has 1 atom stereocenters. The van der Waals surface area contributed by atoms with Gasteiger partial charge in [-0.15, -0.1) is 0 Å². The molecule has 2 saturated heterocycles. The van der Waals surface area contributed by atoms with E-state index in [1.54, 1.807) is 0 Å². The predicted molar refractivity (Wildman–Crippen MR) is 103 cm³/mol. The molecule has 3 heteroatoms. The van der Waals surface area contributed by atoms with Gasteiger partial charge in [-0.1, -0.05) is 48.5 Å². The van der Waals surface area contributed by atoms with Crippen LogP contribution in [0.2, 0.25) is 0 Å². The van der Waals surface area contributed by atoms with Crippen LogP contribution < -0.4 is 0 Å². The smallest absolute Gasteiger partial charge is 0.0624 e. The first kappa shape index (κ1) is 25.1. The van der Waals surface area contributed by atoms with Crippen molar-refractivity contribution in [3.05, 3.63) is 0 Å². The summed E-state index contributed by atoms with van der Waals surface area (Å²) < 4.78 is 10.8. The molecule has 0 amide bonds. The molecule has 2 heterocycles. The first-order chi connectivity index (χ1) is 10.7. The molecule has 2 rings (SSSR count). The minimum atomic E-state index is 0.323. The van der Waals surface area contributed by atoms with E-state index < -0.39 is 0 Å². The van der Waals surface area contributed by atoms with Crippen molar-refractivity contribution in [1.29, 1.82) is 0 Å². The molecule has 0 saturated carbocycles. The van der Waals surface area contributed by atoms with Gasteiger partial charge in [0, 0.05) is 25.2 Å². The zero-order valence-corrected chi connectivity index (χ0v) is 17.8. The predicted octanol–water partition coefficient (Wildman–Crippen LogP) is 5.38. The van der Waals surface area contributed by atoms with Crippen LogP contribution in [0.1, 0.15) is 82.1 Å². The fourth-order valence-corrected chi connectivity index (χ4v) is 2.49. The molecule has 0 spiro atoms. The van der Waals surface area contributed by atoms with Gasteiger partial charge in [0.2, 0.25) is 0 Å². The van der Waals surface area contributed by atoms with E-state index in [1.165, 1.54) is 12.8 Å². The molecule has 1 unspecified atom stereocenters. The first-order valence-electron chi connectivity index (χ1n) is 9.65. The summed E-state index contributed by atoms with van der Waals surface area (Å²) in [5, 5.41) is 0. The Hall–Kier alpha value is -0.120. The minimum Gasteiger partial charge on any atom is -0.379 e. The van der Waals surface area contributed by atoms with Crippen LogP contribution in [0.5, 0.6) is 0 Å². The lowest BCUT2D eigenvalue weighted by molar-refractivity contribution is -0.00389. The number of hydrogen-bond acceptors (Lipinski definition) is 3. The van der Waals surface area contributed by atoms with Crippen LogP contribution in [0, 0.1) is 5.41 Å². The largest absolute Gasteiger partial charge is 0.379 e. The highest BCUT2D eigenvalue weighted by Gasteiger charge is 2.28. The van der Waals surface area contributed by atoms with E-state index in [1.807, 2.05) is 27.7 Å². The second kappa shape index (κ2) is 13.2. The number of hydrogen-bond donors (Lipinski definition) is 0. The molecule has 0 N–H and O–H groups in total. The number of ether oxygens (including phenoxy) is 2. The topological polar surface area (TPSA) is 21.7 Å². The monoisotopic (exact) mass is 331 g/mol. The molecule has 23 heavy (non-hydrogen) atoms. The van der Waals surface area contributed by atoms with Gasteiger partial charge in [-0.2, -0.15) is 0 Å². The maximum absolute atomic E-state index is 5.52. The van der Waals surface area contributed by atoms with Crippen molar-refractivity contribution in [2.24, 2.45) is 5.41 Å². The number of morpholine rings is 1. The van der Waals surface area contributed by atoms with Crippen LogP contribution in [-0.2, 0) is 9.47 Å². The Kier molecular flexibility index (Phi) is 14.4. The van der Waals surface area contributed by atoms with Gasteiger partial charge in [0.05, 0.1) is 19.3 Å². The van der Waals surface area contributed by atoms with Crippen molar-refractivity contribution in [2.75, 3.05) is 32.9 Å². The average molecular weight is 332 g/mol. The van der Waals surface area contributed by atoms with Crippen LogP contribution in [0.25, 0.3) is 0 Å². The lowest BCUT2D eigenvalue weighted by Crippen LogP contribution is -2.47. The number of nitrogens with zero attached hydrogens (tertiary/aromatic N) is 1. The van der Waals surface area contributed by atoms with Crippen LogP contribution in [0.4, 0.5) is 0 Å². The molecule has 0 aromatic heterocycles. The Morgan fingerprint density at radius 1 is 0.783 bits per heavy atom. The fraction of sp³-hybridized carbons (Fsp3) is 1.00. The summed E-state index contributed by atoms with van der Waals surface area (Å²) in [6, 6.07) is 0. The Bertz CT molecular complexity index is 241. The Morgan fingerprint density at radius 3 is 1.48 bits per heavy atom. The van der Waals surface area contributed by atoms with E-state index in [2.05, 4.69) is 46.4 Å². The van der Waals surface area contributed by atoms with Crippen LogP contribution in [-0.4, -0.2) is 49.5 Å². The fourth-order valence-electron chi connectivity index (χ4n) is 2.49. The summed E-state index contributed by atoms with van der Waals surface area (Å²) in [6.07, 6.45) is 3.02. The molecular formula is C20H45NO2. The third-order valence-electron chi connectivity index (χ3n) is 3.86. The van der Waals surface area contributed by atoms with E-state index in [-0.39, 0.29) is 0 Å². The van der Waals surface area contributed by atoms with E-state index in [0.717, 1.165) is 32.9 Å². The van der Waals surface area contributed by atoms with Gasteiger partial charge in [0.1, 0.15) is 0 Å². The quantitative estimate of drug-likeness (QED) is 0.595. The van der Waals surface area contributed by atoms with Crippen LogP contribution in [0.15, 0.2) is 0 Å². The van der Waals surface area contributed by atoms with Gasteiger partial charge < -0.3 is 9.47 Å². The average Bonchev–Trinajstić information content (AvgIpc) is 3.07. The Morgan fingerprint density at radius 2 is 1.26 bits per heavy atom. The highest BCUT2D eigenvalue weighted by atomic mass is 16.5. The maximum atomic E-state index is 5.52. The van der Waals surface area contributed by atoms with Crippen molar-refractivity contribution in [3.8, 4) is 0 Å². The Balaban J connectivity index is 0. The van der Waals surface area contributed by atoms with Crippen molar-refractivity contribution < 1.29 is 9.47 Å². The summed E-state index contributed by atoms with van der Waals surface area (Å²) in [5.41, 5.74) is 0.681. The molecule has 142 valence electrons. The van der Waals surface area contributed by atoms with E-state index in [9.17, 15) is 0 Å². The summed E-state index contributed by atoms with van der Waals surface area (Å²) in [6.45, 7) is 26.4. The molecule has 0 radical (unpaired) electrons. The van der Waals surface area contributed by atoms with Crippen LogP contribution >= 0.6 is 0 Å². The second-order valence-electron chi connectivity index (χ2n) is 7.64. The SMILES string of the molecule is CC.CC.CC(C)(C)C1CCCO1.CC(C)(C)N1CCOCC1. The van der Waals surface area contributed by atoms with Gasteiger partial charge in [-0.25, -0.2) is 0 Å². The zero-order valence-electron chi connectivity index (χ0n) is 17.8. The Labute approximate surface area is 147 Å².